The van der Waals surface area contributed by atoms with Gasteiger partial charge < -0.3 is 10.4 Å². The summed E-state index contributed by atoms with van der Waals surface area (Å²) in [6.07, 6.45) is 0. The van der Waals surface area contributed by atoms with Gasteiger partial charge in [0.2, 0.25) is 0 Å². The smallest absolute Gasteiger partial charge is 0.269 e. The Balaban J connectivity index is 1.54. The maximum atomic E-state index is 13.3. The fraction of sp³-hybridized carbons (Fsp3) is 0. The molecule has 0 fully saturated rings. The van der Waals surface area contributed by atoms with Crippen LogP contribution in [0.1, 0.15) is 10.4 Å². The molecule has 0 radical (unpaired) electrons. The molecule has 182 valence electrons. The molecule has 1 amide bonds. The van der Waals surface area contributed by atoms with Gasteiger partial charge in [-0.3, -0.25) is 19.5 Å². The highest BCUT2D eigenvalue weighted by atomic mass is 32.2. The summed E-state index contributed by atoms with van der Waals surface area (Å²) in [7, 11) is 0. The summed E-state index contributed by atoms with van der Waals surface area (Å²) in [5.41, 5.74) is 2.11. The van der Waals surface area contributed by atoms with Gasteiger partial charge in [0, 0.05) is 23.4 Å². The number of non-ortho nitro benzene ring substituents is 1. The quantitative estimate of drug-likeness (QED) is 0.128. The number of aromatic hydroxyl groups is 1. The van der Waals surface area contributed by atoms with E-state index in [0.29, 0.717) is 5.56 Å². The molecule has 0 aromatic heterocycles. The molecule has 0 aliphatic rings. The van der Waals surface area contributed by atoms with Crippen molar-refractivity contribution >= 4 is 39.9 Å². The van der Waals surface area contributed by atoms with Crippen molar-refractivity contribution in [2.75, 3.05) is 9.62 Å². The van der Waals surface area contributed by atoms with E-state index < -0.39 is 27.9 Å². The number of phenols is 1. The van der Waals surface area contributed by atoms with Crippen LogP contribution < -0.4 is 9.62 Å². The number of hydrogen-bond acceptors (Lipinski definition) is 5. The van der Waals surface area contributed by atoms with Crippen LogP contribution in [0.25, 0.3) is 11.1 Å². The summed E-state index contributed by atoms with van der Waals surface area (Å²) in [6, 6.07) is 21.4. The Morgan fingerprint density at radius 1 is 0.917 bits per heavy atom. The van der Waals surface area contributed by atoms with Crippen molar-refractivity contribution in [3.05, 3.63) is 112 Å². The minimum Gasteiger partial charge on any atom is -0.506 e. The summed E-state index contributed by atoms with van der Waals surface area (Å²) in [5, 5.41) is 23.8. The fourth-order valence-corrected chi connectivity index (χ4v) is 4.06. The van der Waals surface area contributed by atoms with Gasteiger partial charge in [-0.1, -0.05) is 12.1 Å². The molecule has 1 atom stereocenters. The first-order valence-electron chi connectivity index (χ1n) is 10.4. The van der Waals surface area contributed by atoms with E-state index in [2.05, 4.69) is 5.32 Å². The van der Waals surface area contributed by atoms with E-state index in [1.807, 2.05) is 0 Å². The Labute approximate surface area is 207 Å². The second kappa shape index (κ2) is 10.3. The molecular weight excluding hydrogens is 489 g/mol. The highest BCUT2D eigenvalue weighted by Gasteiger charge is 2.20. The Hall–Kier alpha value is -4.61. The van der Waals surface area contributed by atoms with Crippen molar-refractivity contribution < 1.29 is 28.0 Å². The van der Waals surface area contributed by atoms with Gasteiger partial charge in [0.15, 0.2) is 0 Å². The van der Waals surface area contributed by atoms with Gasteiger partial charge in [0.1, 0.15) is 17.3 Å². The maximum absolute atomic E-state index is 13.3. The average Bonchev–Trinajstić information content (AvgIpc) is 2.87. The number of amides is 1. The van der Waals surface area contributed by atoms with Crippen LogP contribution >= 0.6 is 0 Å². The molecule has 4 aromatic carbocycles. The summed E-state index contributed by atoms with van der Waals surface area (Å²) in [5.74, 6) is -1.33. The molecule has 0 bridgehead atoms. The zero-order valence-electron chi connectivity index (χ0n) is 18.4. The van der Waals surface area contributed by atoms with Crippen molar-refractivity contribution in [3.63, 3.8) is 0 Å². The zero-order chi connectivity index (χ0) is 25.8. The summed E-state index contributed by atoms with van der Waals surface area (Å²) >= 11 is -2.60. The first-order chi connectivity index (χ1) is 17.2. The molecule has 11 heteroatoms. The molecule has 0 saturated carbocycles. The Bertz CT molecular complexity index is 1440. The van der Waals surface area contributed by atoms with Crippen LogP contribution in [-0.2, 0) is 11.3 Å². The molecule has 0 aliphatic heterocycles. The van der Waals surface area contributed by atoms with Gasteiger partial charge in [-0.2, -0.15) is 0 Å². The van der Waals surface area contributed by atoms with Crippen LogP contribution in [0.3, 0.4) is 0 Å². The molecule has 1 unspecified atom stereocenters. The first kappa shape index (κ1) is 24.5. The first-order valence-corrected chi connectivity index (χ1v) is 11.5. The lowest BCUT2D eigenvalue weighted by molar-refractivity contribution is -0.384. The van der Waals surface area contributed by atoms with Crippen LogP contribution in [-0.4, -0.2) is 24.7 Å². The van der Waals surface area contributed by atoms with Crippen LogP contribution in [0.5, 0.6) is 5.75 Å². The van der Waals surface area contributed by atoms with E-state index >= 15 is 0 Å². The lowest BCUT2D eigenvalue weighted by Crippen LogP contribution is -2.20. The Morgan fingerprint density at radius 3 is 2.06 bits per heavy atom. The number of nitro groups is 1. The molecule has 4 aromatic rings. The number of nitrogens with zero attached hydrogens (tertiary/aromatic N) is 2. The predicted octanol–water partition coefficient (Wildman–Crippen LogP) is 5.63. The largest absolute Gasteiger partial charge is 0.506 e. The van der Waals surface area contributed by atoms with Gasteiger partial charge in [0.25, 0.3) is 22.9 Å². The molecule has 0 heterocycles. The number of carbonyl (C=O) groups excluding carboxylic acids is 1. The number of anilines is 3. The number of phenolic OH excluding ortho intramolecular Hbond substituents is 1. The summed E-state index contributed by atoms with van der Waals surface area (Å²) < 4.78 is 36.0. The molecule has 0 saturated heterocycles. The van der Waals surface area contributed by atoms with Gasteiger partial charge in [-0.25, -0.2) is 12.9 Å². The number of nitro benzene ring substituents is 1. The minimum absolute atomic E-state index is 0.0222. The number of hydrogen-bond donors (Lipinski definition) is 3. The highest BCUT2D eigenvalue weighted by Crippen LogP contribution is 2.36. The van der Waals surface area contributed by atoms with E-state index in [9.17, 15) is 33.2 Å². The third-order valence-electron chi connectivity index (χ3n) is 5.23. The highest BCUT2D eigenvalue weighted by molar-refractivity contribution is 7.81. The number of rotatable bonds is 7. The van der Waals surface area contributed by atoms with Gasteiger partial charge in [-0.15, -0.1) is 0 Å². The Morgan fingerprint density at radius 2 is 1.50 bits per heavy atom. The van der Waals surface area contributed by atoms with E-state index in [-0.39, 0.29) is 28.5 Å². The molecule has 4 rings (SSSR count). The monoisotopic (exact) mass is 507 g/mol. The second-order valence-corrected chi connectivity index (χ2v) is 8.37. The third kappa shape index (κ3) is 5.37. The topological polar surface area (TPSA) is 133 Å². The van der Waals surface area contributed by atoms with E-state index in [4.69, 9.17) is 0 Å². The molecule has 0 aliphatic carbocycles. The SMILES string of the molecule is O=C(Nc1ccc(O)c(N(c2ccc(F)cc2)S(=O)O)c1)c1ccc(-c2ccc([N+](=O)[O-])cc2)cc1. The van der Waals surface area contributed by atoms with E-state index in [1.54, 1.807) is 36.4 Å². The number of halogens is 1. The number of nitrogens with one attached hydrogen (secondary N) is 1. The second-order valence-electron chi connectivity index (χ2n) is 7.54. The predicted molar refractivity (Wildman–Crippen MR) is 134 cm³/mol. The lowest BCUT2D eigenvalue weighted by atomic mass is 10.0. The standard InChI is InChI=1S/C25H18FN3O6S/c26-19-7-12-21(13-8-19)28(36(34)35)23-15-20(9-14-24(23)30)27-25(31)18-3-1-16(2-4-18)17-5-10-22(11-6-17)29(32)33/h1-15,30H,(H,27,31)(H,34,35). The van der Waals surface area contributed by atoms with Crippen molar-refractivity contribution in [2.45, 2.75) is 0 Å². The number of benzene rings is 4. The number of carbonyl (C=O) groups is 1. The third-order valence-corrected chi connectivity index (χ3v) is 5.95. The van der Waals surface area contributed by atoms with Crippen molar-refractivity contribution in [2.24, 2.45) is 0 Å². The van der Waals surface area contributed by atoms with Crippen molar-refractivity contribution in [1.82, 2.24) is 0 Å². The minimum atomic E-state index is -2.60. The average molecular weight is 507 g/mol. The molecule has 9 nitrogen and oxygen atoms in total. The van der Waals surface area contributed by atoms with Crippen molar-refractivity contribution in [3.8, 4) is 16.9 Å². The van der Waals surface area contributed by atoms with E-state index in [1.165, 1.54) is 42.5 Å². The maximum Gasteiger partial charge on any atom is 0.269 e. The van der Waals surface area contributed by atoms with Gasteiger partial charge in [0.05, 0.1) is 10.6 Å². The van der Waals surface area contributed by atoms with E-state index in [0.717, 1.165) is 27.6 Å². The fourth-order valence-electron chi connectivity index (χ4n) is 3.45. The molecule has 3 N–H and O–H groups in total. The van der Waals surface area contributed by atoms with Crippen molar-refractivity contribution in [1.29, 1.82) is 0 Å². The summed E-state index contributed by atoms with van der Waals surface area (Å²) in [4.78, 5) is 23.1. The Kier molecular flexibility index (Phi) is 7.04. The van der Waals surface area contributed by atoms with Crippen LogP contribution in [0.15, 0.2) is 91.0 Å². The molecule has 36 heavy (non-hydrogen) atoms. The molecular formula is C25H18FN3O6S. The lowest BCUT2D eigenvalue weighted by Gasteiger charge is -2.21. The van der Waals surface area contributed by atoms with Crippen LogP contribution in [0.4, 0.5) is 27.1 Å². The molecule has 0 spiro atoms. The summed E-state index contributed by atoms with van der Waals surface area (Å²) in [6.45, 7) is 0. The zero-order valence-corrected chi connectivity index (χ0v) is 19.2. The van der Waals surface area contributed by atoms with Gasteiger partial charge >= 0.3 is 0 Å². The van der Waals surface area contributed by atoms with Crippen LogP contribution in [0, 0.1) is 15.9 Å². The normalized spacial score (nSPS) is 11.5. The van der Waals surface area contributed by atoms with Crippen LogP contribution in [0.2, 0.25) is 0 Å². The van der Waals surface area contributed by atoms with Gasteiger partial charge in [-0.05, 0) is 77.9 Å².